The van der Waals surface area contributed by atoms with Gasteiger partial charge < -0.3 is 10.1 Å². The summed E-state index contributed by atoms with van der Waals surface area (Å²) >= 11 is 0. The van der Waals surface area contributed by atoms with E-state index in [2.05, 4.69) is 15.5 Å². The number of rotatable bonds is 6. The molecule has 6 nitrogen and oxygen atoms in total. The number of carbonyl (C=O) groups is 1. The van der Waals surface area contributed by atoms with E-state index in [-0.39, 0.29) is 11.6 Å². The van der Waals surface area contributed by atoms with Gasteiger partial charge in [0.05, 0.1) is 18.4 Å². The molecule has 0 fully saturated rings. The Bertz CT molecular complexity index is 797. The highest BCUT2D eigenvalue weighted by atomic mass is 16.5. The van der Waals surface area contributed by atoms with Gasteiger partial charge in [0.2, 0.25) is 0 Å². The number of aryl methyl sites for hydroxylation is 1. The second-order valence-corrected chi connectivity index (χ2v) is 5.27. The summed E-state index contributed by atoms with van der Waals surface area (Å²) in [6.07, 6.45) is 1.45. The van der Waals surface area contributed by atoms with Crippen molar-refractivity contribution in [2.24, 2.45) is 0 Å². The van der Waals surface area contributed by atoms with E-state index >= 15 is 0 Å². The van der Waals surface area contributed by atoms with Gasteiger partial charge in [-0.25, -0.2) is 0 Å². The maximum absolute atomic E-state index is 12.1. The van der Waals surface area contributed by atoms with Crippen LogP contribution in [0.1, 0.15) is 16.1 Å². The van der Waals surface area contributed by atoms with Gasteiger partial charge in [0.1, 0.15) is 12.4 Å². The van der Waals surface area contributed by atoms with Crippen molar-refractivity contribution in [2.75, 3.05) is 13.2 Å². The smallest absolute Gasteiger partial charge is 0.273 e. The van der Waals surface area contributed by atoms with Crippen molar-refractivity contribution in [3.05, 3.63) is 72.1 Å². The van der Waals surface area contributed by atoms with Gasteiger partial charge in [-0.2, -0.15) is 9.90 Å². The standard InChI is InChI=1S/C18H18N4O2/c1-14-7-9-16(10-8-14)24-12-11-19-18(23)17-13-20-22(21-17)15-5-3-2-4-6-15/h2-10,13H,11-12H2,1H3,(H,19,23). The summed E-state index contributed by atoms with van der Waals surface area (Å²) in [5.41, 5.74) is 2.26. The topological polar surface area (TPSA) is 69.0 Å². The minimum Gasteiger partial charge on any atom is -0.492 e. The van der Waals surface area contributed by atoms with Crippen LogP contribution in [0, 0.1) is 6.92 Å². The van der Waals surface area contributed by atoms with E-state index in [1.165, 1.54) is 16.6 Å². The van der Waals surface area contributed by atoms with Crippen molar-refractivity contribution < 1.29 is 9.53 Å². The fourth-order valence-corrected chi connectivity index (χ4v) is 2.11. The summed E-state index contributed by atoms with van der Waals surface area (Å²) in [4.78, 5) is 13.5. The molecule has 122 valence electrons. The maximum Gasteiger partial charge on any atom is 0.273 e. The highest BCUT2D eigenvalue weighted by Crippen LogP contribution is 2.10. The summed E-state index contributed by atoms with van der Waals surface area (Å²) in [7, 11) is 0. The Balaban J connectivity index is 1.49. The van der Waals surface area contributed by atoms with E-state index in [1.807, 2.05) is 61.5 Å². The van der Waals surface area contributed by atoms with Gasteiger partial charge in [0.25, 0.3) is 5.91 Å². The molecule has 0 bridgehead atoms. The maximum atomic E-state index is 12.1. The number of aromatic nitrogens is 3. The second-order valence-electron chi connectivity index (χ2n) is 5.27. The number of carbonyl (C=O) groups excluding carboxylic acids is 1. The first-order chi connectivity index (χ1) is 11.7. The molecular weight excluding hydrogens is 304 g/mol. The summed E-state index contributed by atoms with van der Waals surface area (Å²) < 4.78 is 5.57. The van der Waals surface area contributed by atoms with Gasteiger partial charge in [-0.15, -0.1) is 5.10 Å². The number of nitrogens with one attached hydrogen (secondary N) is 1. The zero-order chi connectivity index (χ0) is 16.8. The van der Waals surface area contributed by atoms with Crippen molar-refractivity contribution >= 4 is 5.91 Å². The number of hydrogen-bond acceptors (Lipinski definition) is 4. The van der Waals surface area contributed by atoms with Crippen LogP contribution >= 0.6 is 0 Å². The van der Waals surface area contributed by atoms with Gasteiger partial charge in [-0.05, 0) is 31.2 Å². The highest BCUT2D eigenvalue weighted by Gasteiger charge is 2.10. The van der Waals surface area contributed by atoms with E-state index in [4.69, 9.17) is 4.74 Å². The lowest BCUT2D eigenvalue weighted by Crippen LogP contribution is -2.28. The molecule has 1 N–H and O–H groups in total. The molecule has 0 atom stereocenters. The molecule has 3 aromatic rings. The third-order valence-corrected chi connectivity index (χ3v) is 3.39. The minimum atomic E-state index is -0.273. The van der Waals surface area contributed by atoms with Gasteiger partial charge in [0.15, 0.2) is 5.69 Å². The van der Waals surface area contributed by atoms with Gasteiger partial charge in [-0.1, -0.05) is 35.9 Å². The minimum absolute atomic E-state index is 0.272. The van der Waals surface area contributed by atoms with Crippen LogP contribution in [0.5, 0.6) is 5.75 Å². The molecule has 0 aliphatic heterocycles. The van der Waals surface area contributed by atoms with Crippen LogP contribution in [0.25, 0.3) is 5.69 Å². The predicted molar refractivity (Wildman–Crippen MR) is 90.4 cm³/mol. The van der Waals surface area contributed by atoms with Crippen molar-refractivity contribution in [1.29, 1.82) is 0 Å². The quantitative estimate of drug-likeness (QED) is 0.708. The van der Waals surface area contributed by atoms with Crippen LogP contribution < -0.4 is 10.1 Å². The number of ether oxygens (including phenoxy) is 1. The van der Waals surface area contributed by atoms with Crippen molar-refractivity contribution in [1.82, 2.24) is 20.3 Å². The molecule has 1 heterocycles. The van der Waals surface area contributed by atoms with Crippen LogP contribution in [0.3, 0.4) is 0 Å². The lowest BCUT2D eigenvalue weighted by molar-refractivity contribution is 0.0941. The number of amides is 1. The Morgan fingerprint density at radius 3 is 2.62 bits per heavy atom. The number of hydrogen-bond donors (Lipinski definition) is 1. The first kappa shape index (κ1) is 15.7. The third-order valence-electron chi connectivity index (χ3n) is 3.39. The summed E-state index contributed by atoms with van der Waals surface area (Å²) in [5, 5.41) is 11.1. The Morgan fingerprint density at radius 2 is 1.88 bits per heavy atom. The van der Waals surface area contributed by atoms with Crippen LogP contribution in [0.4, 0.5) is 0 Å². The van der Waals surface area contributed by atoms with E-state index in [1.54, 1.807) is 0 Å². The van der Waals surface area contributed by atoms with E-state index in [0.717, 1.165) is 11.4 Å². The average Bonchev–Trinajstić information content (AvgIpc) is 3.11. The molecule has 0 saturated carbocycles. The number of benzene rings is 2. The zero-order valence-electron chi connectivity index (χ0n) is 13.3. The average molecular weight is 322 g/mol. The largest absolute Gasteiger partial charge is 0.492 e. The molecule has 0 aliphatic carbocycles. The molecule has 3 rings (SSSR count). The monoisotopic (exact) mass is 322 g/mol. The number of para-hydroxylation sites is 1. The molecule has 0 aliphatic rings. The third kappa shape index (κ3) is 3.98. The van der Waals surface area contributed by atoms with Crippen LogP contribution in [-0.2, 0) is 0 Å². The molecule has 0 spiro atoms. The molecule has 1 aromatic heterocycles. The Kier molecular flexibility index (Phi) is 4.86. The van der Waals surface area contributed by atoms with Gasteiger partial charge in [-0.3, -0.25) is 4.79 Å². The first-order valence-corrected chi connectivity index (χ1v) is 7.68. The lowest BCUT2D eigenvalue weighted by atomic mass is 10.2. The Labute approximate surface area is 140 Å². The summed E-state index contributed by atoms with van der Waals surface area (Å²) in [6.45, 7) is 2.80. The summed E-state index contributed by atoms with van der Waals surface area (Å²) in [5.74, 6) is 0.509. The molecule has 1 amide bonds. The Hall–Kier alpha value is -3.15. The number of nitrogens with zero attached hydrogens (tertiary/aromatic N) is 3. The molecule has 0 radical (unpaired) electrons. The van der Waals surface area contributed by atoms with Crippen molar-refractivity contribution in [2.45, 2.75) is 6.92 Å². The highest BCUT2D eigenvalue weighted by molar-refractivity contribution is 5.91. The lowest BCUT2D eigenvalue weighted by Gasteiger charge is -2.07. The Morgan fingerprint density at radius 1 is 1.12 bits per heavy atom. The van der Waals surface area contributed by atoms with E-state index in [9.17, 15) is 4.79 Å². The van der Waals surface area contributed by atoms with E-state index < -0.39 is 0 Å². The van der Waals surface area contributed by atoms with Crippen LogP contribution in [0.15, 0.2) is 60.8 Å². The molecule has 6 heteroatoms. The van der Waals surface area contributed by atoms with E-state index in [0.29, 0.717) is 13.2 Å². The fourth-order valence-electron chi connectivity index (χ4n) is 2.11. The van der Waals surface area contributed by atoms with Crippen LogP contribution in [0.2, 0.25) is 0 Å². The summed E-state index contributed by atoms with van der Waals surface area (Å²) in [6, 6.07) is 17.2. The van der Waals surface area contributed by atoms with Crippen molar-refractivity contribution in [3.8, 4) is 11.4 Å². The molecule has 2 aromatic carbocycles. The van der Waals surface area contributed by atoms with Crippen LogP contribution in [-0.4, -0.2) is 34.1 Å². The SMILES string of the molecule is Cc1ccc(OCCNC(=O)c2cnn(-c3ccccc3)n2)cc1. The molecule has 24 heavy (non-hydrogen) atoms. The zero-order valence-corrected chi connectivity index (χ0v) is 13.3. The normalized spacial score (nSPS) is 10.4. The first-order valence-electron chi connectivity index (χ1n) is 7.68. The fraction of sp³-hybridized carbons (Fsp3) is 0.167. The molecule has 0 unspecified atom stereocenters. The van der Waals surface area contributed by atoms with Gasteiger partial charge in [0, 0.05) is 0 Å². The molecule has 0 saturated heterocycles. The second kappa shape index (κ2) is 7.41. The predicted octanol–water partition coefficient (Wildman–Crippen LogP) is 2.38. The van der Waals surface area contributed by atoms with Crippen molar-refractivity contribution in [3.63, 3.8) is 0 Å². The van der Waals surface area contributed by atoms with Gasteiger partial charge >= 0.3 is 0 Å². The molecular formula is C18H18N4O2.